The van der Waals surface area contributed by atoms with Crippen molar-refractivity contribution in [3.05, 3.63) is 48.3 Å². The van der Waals surface area contributed by atoms with Gasteiger partial charge >= 0.3 is 6.03 Å². The number of likely N-dealkylation sites (tertiary alicyclic amines) is 1. The predicted octanol–water partition coefficient (Wildman–Crippen LogP) is 2.50. The Balaban J connectivity index is 1.28. The van der Waals surface area contributed by atoms with Crippen LogP contribution in [0.25, 0.3) is 0 Å². The predicted molar refractivity (Wildman–Crippen MR) is 111 cm³/mol. The van der Waals surface area contributed by atoms with Gasteiger partial charge in [0.05, 0.1) is 0 Å². The average molecular weight is 394 g/mol. The number of carbonyl (C=O) groups is 2. The first kappa shape index (κ1) is 19.2. The average Bonchev–Trinajstić information content (AvgIpc) is 3.29. The summed E-state index contributed by atoms with van der Waals surface area (Å²) in [4.78, 5) is 37.5. The van der Waals surface area contributed by atoms with E-state index in [9.17, 15) is 9.59 Å². The van der Waals surface area contributed by atoms with Gasteiger partial charge in [-0.1, -0.05) is 6.07 Å². The van der Waals surface area contributed by atoms with Crippen LogP contribution in [0.4, 0.5) is 16.4 Å². The Morgan fingerprint density at radius 1 is 0.966 bits per heavy atom. The van der Waals surface area contributed by atoms with Crippen molar-refractivity contribution in [1.29, 1.82) is 0 Å². The van der Waals surface area contributed by atoms with Crippen LogP contribution >= 0.6 is 0 Å². The third-order valence-corrected chi connectivity index (χ3v) is 5.43. The lowest BCUT2D eigenvalue weighted by atomic mass is 10.1. The molecule has 2 aliphatic rings. The first-order valence-corrected chi connectivity index (χ1v) is 10.2. The molecule has 0 aliphatic carbocycles. The normalized spacial score (nSPS) is 17.2. The maximum atomic E-state index is 12.5. The van der Waals surface area contributed by atoms with Gasteiger partial charge in [-0.3, -0.25) is 4.79 Å². The minimum atomic E-state index is -0.245. The quantitative estimate of drug-likeness (QED) is 0.832. The number of nitrogens with one attached hydrogen (secondary N) is 2. The van der Waals surface area contributed by atoms with E-state index in [-0.39, 0.29) is 18.0 Å². The van der Waals surface area contributed by atoms with Crippen LogP contribution in [-0.4, -0.2) is 59.0 Å². The molecule has 0 unspecified atom stereocenters. The molecule has 2 aliphatic heterocycles. The Kier molecular flexibility index (Phi) is 5.88. The standard InChI is InChI=1S/C21H26N6O2/c28-19(26-11-1-2-12-26)16-5-3-6-18(15-16)25-21(29)24-17-7-13-27(14-8-17)20-22-9-4-10-23-20/h3-6,9-10,15,17H,1-2,7-8,11-14H2,(H2,24,25,29). The maximum Gasteiger partial charge on any atom is 0.319 e. The number of piperidine rings is 1. The molecule has 0 saturated carbocycles. The number of aromatic nitrogens is 2. The molecule has 0 atom stereocenters. The minimum absolute atomic E-state index is 0.0297. The number of benzene rings is 1. The van der Waals surface area contributed by atoms with Gasteiger partial charge in [-0.15, -0.1) is 0 Å². The molecule has 8 heteroatoms. The Morgan fingerprint density at radius 3 is 2.41 bits per heavy atom. The van der Waals surface area contributed by atoms with Gasteiger partial charge in [0.2, 0.25) is 5.95 Å². The van der Waals surface area contributed by atoms with Gasteiger partial charge < -0.3 is 20.4 Å². The van der Waals surface area contributed by atoms with Crippen LogP contribution in [-0.2, 0) is 0 Å². The van der Waals surface area contributed by atoms with Crippen molar-refractivity contribution in [2.45, 2.75) is 31.7 Å². The fraction of sp³-hybridized carbons (Fsp3) is 0.429. The Hall–Kier alpha value is -3.16. The Morgan fingerprint density at radius 2 is 1.69 bits per heavy atom. The lowest BCUT2D eigenvalue weighted by Crippen LogP contribution is -2.46. The van der Waals surface area contributed by atoms with E-state index in [1.807, 2.05) is 4.90 Å². The third-order valence-electron chi connectivity index (χ3n) is 5.43. The van der Waals surface area contributed by atoms with E-state index in [2.05, 4.69) is 25.5 Å². The third kappa shape index (κ3) is 4.82. The largest absolute Gasteiger partial charge is 0.341 e. The van der Waals surface area contributed by atoms with Crippen molar-refractivity contribution in [1.82, 2.24) is 20.2 Å². The molecule has 152 valence electrons. The maximum absolute atomic E-state index is 12.5. The summed E-state index contributed by atoms with van der Waals surface area (Å²) in [6.07, 6.45) is 7.26. The van der Waals surface area contributed by atoms with Gasteiger partial charge in [-0.05, 0) is 49.9 Å². The smallest absolute Gasteiger partial charge is 0.319 e. The Bertz CT molecular complexity index is 845. The second-order valence-electron chi connectivity index (χ2n) is 7.49. The molecule has 29 heavy (non-hydrogen) atoms. The highest BCUT2D eigenvalue weighted by atomic mass is 16.2. The van der Waals surface area contributed by atoms with E-state index in [0.717, 1.165) is 57.8 Å². The number of rotatable bonds is 4. The van der Waals surface area contributed by atoms with E-state index in [1.54, 1.807) is 42.7 Å². The first-order chi connectivity index (χ1) is 14.2. The Labute approximate surface area is 170 Å². The zero-order valence-electron chi connectivity index (χ0n) is 16.4. The zero-order chi connectivity index (χ0) is 20.1. The number of hydrogen-bond acceptors (Lipinski definition) is 5. The van der Waals surface area contributed by atoms with Crippen LogP contribution in [0.15, 0.2) is 42.7 Å². The fourth-order valence-electron chi connectivity index (χ4n) is 3.86. The van der Waals surface area contributed by atoms with E-state index >= 15 is 0 Å². The molecule has 8 nitrogen and oxygen atoms in total. The number of hydrogen-bond donors (Lipinski definition) is 2. The first-order valence-electron chi connectivity index (χ1n) is 10.2. The topological polar surface area (TPSA) is 90.5 Å². The van der Waals surface area contributed by atoms with Gasteiger partial charge in [-0.2, -0.15) is 0 Å². The molecule has 2 saturated heterocycles. The molecule has 3 amide bonds. The SMILES string of the molecule is O=C(Nc1cccc(C(=O)N2CCCC2)c1)NC1CCN(c2ncccn2)CC1. The summed E-state index contributed by atoms with van der Waals surface area (Å²) >= 11 is 0. The van der Waals surface area contributed by atoms with Crippen molar-refractivity contribution >= 4 is 23.6 Å². The van der Waals surface area contributed by atoms with E-state index in [4.69, 9.17) is 0 Å². The van der Waals surface area contributed by atoms with Crippen LogP contribution in [0.2, 0.25) is 0 Å². The molecule has 0 radical (unpaired) electrons. The number of urea groups is 1. The molecule has 1 aromatic carbocycles. The molecule has 1 aromatic heterocycles. The number of amides is 3. The van der Waals surface area contributed by atoms with Gasteiger partial charge in [0, 0.05) is 55.9 Å². The number of nitrogens with zero attached hydrogens (tertiary/aromatic N) is 4. The second-order valence-corrected chi connectivity index (χ2v) is 7.49. The van der Waals surface area contributed by atoms with Crippen LogP contribution < -0.4 is 15.5 Å². The van der Waals surface area contributed by atoms with Crippen LogP contribution in [0.5, 0.6) is 0 Å². The second kappa shape index (κ2) is 8.89. The highest BCUT2D eigenvalue weighted by Gasteiger charge is 2.23. The highest BCUT2D eigenvalue weighted by molar-refractivity contribution is 5.97. The lowest BCUT2D eigenvalue weighted by molar-refractivity contribution is 0.0793. The summed E-state index contributed by atoms with van der Waals surface area (Å²) in [5, 5.41) is 5.89. The number of carbonyl (C=O) groups excluding carboxylic acids is 2. The molecule has 0 spiro atoms. The van der Waals surface area contributed by atoms with Crippen LogP contribution in [0, 0.1) is 0 Å². The van der Waals surface area contributed by atoms with Crippen molar-refractivity contribution < 1.29 is 9.59 Å². The van der Waals surface area contributed by atoms with Gasteiger partial charge in [0.25, 0.3) is 5.91 Å². The molecular weight excluding hydrogens is 368 g/mol. The van der Waals surface area contributed by atoms with E-state index < -0.39 is 0 Å². The lowest BCUT2D eigenvalue weighted by Gasteiger charge is -2.32. The summed E-state index contributed by atoms with van der Waals surface area (Å²) in [5.41, 5.74) is 1.24. The molecule has 2 fully saturated rings. The van der Waals surface area contributed by atoms with Crippen LogP contribution in [0.3, 0.4) is 0 Å². The van der Waals surface area contributed by atoms with E-state index in [1.165, 1.54) is 0 Å². The summed E-state index contributed by atoms with van der Waals surface area (Å²) in [6.45, 7) is 3.22. The van der Waals surface area contributed by atoms with Gasteiger partial charge in [0.15, 0.2) is 0 Å². The van der Waals surface area contributed by atoms with Gasteiger partial charge in [-0.25, -0.2) is 14.8 Å². The molecule has 2 N–H and O–H groups in total. The minimum Gasteiger partial charge on any atom is -0.341 e. The van der Waals surface area contributed by atoms with Crippen molar-refractivity contribution in [2.24, 2.45) is 0 Å². The highest BCUT2D eigenvalue weighted by Crippen LogP contribution is 2.18. The van der Waals surface area contributed by atoms with Gasteiger partial charge in [0.1, 0.15) is 0 Å². The van der Waals surface area contributed by atoms with Crippen LogP contribution in [0.1, 0.15) is 36.0 Å². The fourth-order valence-corrected chi connectivity index (χ4v) is 3.86. The zero-order valence-corrected chi connectivity index (χ0v) is 16.4. The molecule has 0 bridgehead atoms. The summed E-state index contributed by atoms with van der Waals surface area (Å²) < 4.78 is 0. The monoisotopic (exact) mass is 394 g/mol. The molecule has 2 aromatic rings. The summed E-state index contributed by atoms with van der Waals surface area (Å²) in [5.74, 6) is 0.761. The molecule has 3 heterocycles. The summed E-state index contributed by atoms with van der Waals surface area (Å²) in [6, 6.07) is 8.80. The van der Waals surface area contributed by atoms with Crippen molar-refractivity contribution in [3.63, 3.8) is 0 Å². The number of anilines is 2. The molecular formula is C21H26N6O2. The summed E-state index contributed by atoms with van der Waals surface area (Å²) in [7, 11) is 0. The van der Waals surface area contributed by atoms with Crippen molar-refractivity contribution in [3.8, 4) is 0 Å². The van der Waals surface area contributed by atoms with E-state index in [0.29, 0.717) is 11.3 Å². The van der Waals surface area contributed by atoms with Crippen molar-refractivity contribution in [2.75, 3.05) is 36.4 Å². The molecule has 4 rings (SSSR count).